The molecular formula is C10H10N4O. The first kappa shape index (κ1) is 9.26. The summed E-state index contributed by atoms with van der Waals surface area (Å²) < 4.78 is 0. The Balaban J connectivity index is 2.13. The van der Waals surface area contributed by atoms with Crippen LogP contribution in [0.1, 0.15) is 10.5 Å². The van der Waals surface area contributed by atoms with E-state index in [9.17, 15) is 4.79 Å². The molecule has 4 N–H and O–H groups in total. The predicted molar refractivity (Wildman–Crippen MR) is 57.4 cm³/mol. The SMILES string of the molecule is Nc1cccc(NC(=O)c2ccn[nH]2)c1. The van der Waals surface area contributed by atoms with Crippen molar-refractivity contribution in [3.8, 4) is 0 Å². The lowest BCUT2D eigenvalue weighted by atomic mass is 10.3. The highest BCUT2D eigenvalue weighted by Gasteiger charge is 2.06. The maximum Gasteiger partial charge on any atom is 0.273 e. The normalized spacial score (nSPS) is 9.87. The zero-order valence-electron chi connectivity index (χ0n) is 7.90. The topological polar surface area (TPSA) is 83.8 Å². The number of H-pyrrole nitrogens is 1. The molecule has 0 atom stereocenters. The minimum Gasteiger partial charge on any atom is -0.399 e. The van der Waals surface area contributed by atoms with Gasteiger partial charge in [-0.3, -0.25) is 9.89 Å². The van der Waals surface area contributed by atoms with Gasteiger partial charge in [0, 0.05) is 17.6 Å². The van der Waals surface area contributed by atoms with Gasteiger partial charge in [0.1, 0.15) is 5.69 Å². The van der Waals surface area contributed by atoms with Crippen LogP contribution in [0.4, 0.5) is 11.4 Å². The van der Waals surface area contributed by atoms with Crippen molar-refractivity contribution in [1.82, 2.24) is 10.2 Å². The lowest BCUT2D eigenvalue weighted by Crippen LogP contribution is -2.12. The van der Waals surface area contributed by atoms with Crippen LogP contribution in [0.3, 0.4) is 0 Å². The Labute approximate surface area is 86.3 Å². The first-order valence-electron chi connectivity index (χ1n) is 4.42. The summed E-state index contributed by atoms with van der Waals surface area (Å²) in [5, 5.41) is 8.97. The van der Waals surface area contributed by atoms with Gasteiger partial charge in [-0.15, -0.1) is 0 Å². The monoisotopic (exact) mass is 202 g/mol. The molecule has 0 bridgehead atoms. The highest BCUT2D eigenvalue weighted by Crippen LogP contribution is 2.12. The number of amides is 1. The summed E-state index contributed by atoms with van der Waals surface area (Å²) in [6, 6.07) is 8.59. The van der Waals surface area contributed by atoms with Crippen LogP contribution in [0.5, 0.6) is 0 Å². The summed E-state index contributed by atoms with van der Waals surface area (Å²) in [6.07, 6.45) is 1.52. The van der Waals surface area contributed by atoms with Gasteiger partial charge in [-0.2, -0.15) is 5.10 Å². The summed E-state index contributed by atoms with van der Waals surface area (Å²) in [5.74, 6) is -0.238. The number of carbonyl (C=O) groups is 1. The van der Waals surface area contributed by atoms with Crippen molar-refractivity contribution < 1.29 is 4.79 Å². The van der Waals surface area contributed by atoms with E-state index >= 15 is 0 Å². The number of rotatable bonds is 2. The molecule has 15 heavy (non-hydrogen) atoms. The number of nitrogens with two attached hydrogens (primary N) is 1. The van der Waals surface area contributed by atoms with Gasteiger partial charge in [0.2, 0.25) is 0 Å². The van der Waals surface area contributed by atoms with Gasteiger partial charge in [-0.1, -0.05) is 6.07 Å². The third-order valence-electron chi connectivity index (χ3n) is 1.89. The molecular weight excluding hydrogens is 192 g/mol. The van der Waals surface area contributed by atoms with Crippen molar-refractivity contribution in [1.29, 1.82) is 0 Å². The molecule has 1 amide bonds. The average Bonchev–Trinajstić information content (AvgIpc) is 2.70. The molecule has 0 fully saturated rings. The molecule has 1 aromatic carbocycles. The highest BCUT2D eigenvalue weighted by molar-refractivity contribution is 6.02. The minimum absolute atomic E-state index is 0.238. The number of aromatic nitrogens is 2. The van der Waals surface area contributed by atoms with Crippen molar-refractivity contribution in [2.45, 2.75) is 0 Å². The van der Waals surface area contributed by atoms with Crippen LogP contribution in [-0.4, -0.2) is 16.1 Å². The van der Waals surface area contributed by atoms with Crippen LogP contribution in [-0.2, 0) is 0 Å². The van der Waals surface area contributed by atoms with E-state index < -0.39 is 0 Å². The Hall–Kier alpha value is -2.30. The number of anilines is 2. The fraction of sp³-hybridized carbons (Fsp3) is 0. The number of nitrogen functional groups attached to an aromatic ring is 1. The molecule has 0 saturated heterocycles. The van der Waals surface area contributed by atoms with E-state index in [0.717, 1.165) is 0 Å². The van der Waals surface area contributed by atoms with E-state index in [1.807, 2.05) is 0 Å². The molecule has 1 heterocycles. The summed E-state index contributed by atoms with van der Waals surface area (Å²) in [4.78, 5) is 11.6. The first-order chi connectivity index (χ1) is 7.25. The van der Waals surface area contributed by atoms with E-state index in [4.69, 9.17) is 5.73 Å². The quantitative estimate of drug-likeness (QED) is 0.640. The number of hydrogen-bond acceptors (Lipinski definition) is 3. The van der Waals surface area contributed by atoms with E-state index in [1.165, 1.54) is 6.20 Å². The molecule has 2 aromatic rings. The predicted octanol–water partition coefficient (Wildman–Crippen LogP) is 1.24. The Kier molecular flexibility index (Phi) is 2.37. The fourth-order valence-corrected chi connectivity index (χ4v) is 1.20. The molecule has 2 rings (SSSR count). The van der Waals surface area contributed by atoms with Gasteiger partial charge >= 0.3 is 0 Å². The Bertz CT molecular complexity index is 464. The molecule has 0 spiro atoms. The van der Waals surface area contributed by atoms with Crippen molar-refractivity contribution in [3.05, 3.63) is 42.2 Å². The van der Waals surface area contributed by atoms with Crippen LogP contribution in [0.25, 0.3) is 0 Å². The molecule has 1 aromatic heterocycles. The van der Waals surface area contributed by atoms with Crippen LogP contribution in [0.15, 0.2) is 36.5 Å². The van der Waals surface area contributed by atoms with Gasteiger partial charge in [-0.05, 0) is 24.3 Å². The average molecular weight is 202 g/mol. The summed E-state index contributed by atoms with van der Waals surface area (Å²) in [7, 11) is 0. The zero-order valence-corrected chi connectivity index (χ0v) is 7.90. The molecule has 76 valence electrons. The first-order valence-corrected chi connectivity index (χ1v) is 4.42. The fourth-order valence-electron chi connectivity index (χ4n) is 1.20. The van der Waals surface area contributed by atoms with Crippen molar-refractivity contribution in [2.75, 3.05) is 11.1 Å². The maximum atomic E-state index is 11.6. The minimum atomic E-state index is -0.238. The molecule has 0 aliphatic carbocycles. The lowest BCUT2D eigenvalue weighted by molar-refractivity contribution is 0.102. The third kappa shape index (κ3) is 2.14. The summed E-state index contributed by atoms with van der Waals surface area (Å²) in [5.41, 5.74) is 7.27. The molecule has 5 nitrogen and oxygen atoms in total. The second-order valence-electron chi connectivity index (χ2n) is 3.05. The van der Waals surface area contributed by atoms with Gasteiger partial charge < -0.3 is 11.1 Å². The Morgan fingerprint density at radius 3 is 2.93 bits per heavy atom. The number of aromatic amines is 1. The van der Waals surface area contributed by atoms with Crippen LogP contribution < -0.4 is 11.1 Å². The van der Waals surface area contributed by atoms with E-state index in [-0.39, 0.29) is 5.91 Å². The smallest absolute Gasteiger partial charge is 0.273 e. The van der Waals surface area contributed by atoms with E-state index in [1.54, 1.807) is 30.3 Å². The maximum absolute atomic E-state index is 11.6. The van der Waals surface area contributed by atoms with Gasteiger partial charge in [0.05, 0.1) is 0 Å². The van der Waals surface area contributed by atoms with E-state index in [0.29, 0.717) is 17.1 Å². The second kappa shape index (κ2) is 3.83. The molecule has 5 heteroatoms. The number of nitrogens with zero attached hydrogens (tertiary/aromatic N) is 1. The molecule has 0 unspecified atom stereocenters. The van der Waals surface area contributed by atoms with Gasteiger partial charge in [0.15, 0.2) is 0 Å². The molecule has 0 aliphatic rings. The number of hydrogen-bond donors (Lipinski definition) is 3. The Morgan fingerprint density at radius 1 is 1.40 bits per heavy atom. The van der Waals surface area contributed by atoms with Crippen LogP contribution >= 0.6 is 0 Å². The van der Waals surface area contributed by atoms with Crippen molar-refractivity contribution in [3.63, 3.8) is 0 Å². The summed E-state index contributed by atoms with van der Waals surface area (Å²) >= 11 is 0. The van der Waals surface area contributed by atoms with Crippen molar-refractivity contribution in [2.24, 2.45) is 0 Å². The second-order valence-corrected chi connectivity index (χ2v) is 3.05. The molecule has 0 aliphatic heterocycles. The van der Waals surface area contributed by atoms with Crippen molar-refractivity contribution >= 4 is 17.3 Å². The van der Waals surface area contributed by atoms with Crippen LogP contribution in [0, 0.1) is 0 Å². The molecule has 0 radical (unpaired) electrons. The Morgan fingerprint density at radius 2 is 2.27 bits per heavy atom. The van der Waals surface area contributed by atoms with Crippen LogP contribution in [0.2, 0.25) is 0 Å². The van der Waals surface area contributed by atoms with Gasteiger partial charge in [-0.25, -0.2) is 0 Å². The standard InChI is InChI=1S/C10H10N4O/c11-7-2-1-3-8(6-7)13-10(15)9-4-5-12-14-9/h1-6H,11H2,(H,12,14)(H,13,15). The zero-order chi connectivity index (χ0) is 10.7. The highest BCUT2D eigenvalue weighted by atomic mass is 16.1. The number of benzene rings is 1. The molecule has 0 saturated carbocycles. The number of carbonyl (C=O) groups excluding carboxylic acids is 1. The summed E-state index contributed by atoms with van der Waals surface area (Å²) in [6.45, 7) is 0. The largest absolute Gasteiger partial charge is 0.399 e. The lowest BCUT2D eigenvalue weighted by Gasteiger charge is -2.03. The van der Waals surface area contributed by atoms with Gasteiger partial charge in [0.25, 0.3) is 5.91 Å². The number of nitrogens with one attached hydrogen (secondary N) is 2. The van der Waals surface area contributed by atoms with E-state index in [2.05, 4.69) is 15.5 Å². The third-order valence-corrected chi connectivity index (χ3v) is 1.89.